The number of aromatic nitrogens is 2. The minimum atomic E-state index is -0.499. The van der Waals surface area contributed by atoms with Crippen LogP contribution in [0.4, 0.5) is 0 Å². The zero-order valence-corrected chi connectivity index (χ0v) is 8.21. The molecule has 1 aromatic heterocycles. The molecule has 76 valence electrons. The molecule has 1 heterocycles. The molecule has 2 rings (SSSR count). The van der Waals surface area contributed by atoms with Crippen LogP contribution in [0, 0.1) is 6.92 Å². The molecule has 4 heteroatoms. The Morgan fingerprint density at radius 1 is 1.27 bits per heavy atom. The first-order valence-electron chi connectivity index (χ1n) is 4.53. The first-order valence-corrected chi connectivity index (χ1v) is 4.53. The van der Waals surface area contributed by atoms with Crippen molar-refractivity contribution in [2.24, 2.45) is 0 Å². The first kappa shape index (κ1) is 9.45. The van der Waals surface area contributed by atoms with Gasteiger partial charge in [-0.25, -0.2) is 4.98 Å². The Labute approximate surface area is 86.4 Å². The fraction of sp³-hybridized carbons (Fsp3) is 0.0909. The van der Waals surface area contributed by atoms with Crippen molar-refractivity contribution in [1.29, 1.82) is 0 Å². The molecule has 0 fully saturated rings. The van der Waals surface area contributed by atoms with E-state index in [1.54, 1.807) is 19.1 Å². The van der Waals surface area contributed by atoms with Crippen LogP contribution in [-0.2, 0) is 0 Å². The Kier molecular flexibility index (Phi) is 2.25. The molecule has 15 heavy (non-hydrogen) atoms. The lowest BCUT2D eigenvalue weighted by molar-refractivity contribution is 0.167. The molecule has 0 aliphatic rings. The van der Waals surface area contributed by atoms with Crippen LogP contribution in [0.15, 0.2) is 41.3 Å². The quantitative estimate of drug-likeness (QED) is 0.712. The third-order valence-corrected chi connectivity index (χ3v) is 2.16. The molecule has 0 saturated carbocycles. The zero-order valence-electron chi connectivity index (χ0n) is 8.21. The van der Waals surface area contributed by atoms with Crippen molar-refractivity contribution in [3.63, 3.8) is 0 Å². The van der Waals surface area contributed by atoms with Crippen molar-refractivity contribution < 1.29 is 5.21 Å². The molecule has 0 aliphatic carbocycles. The van der Waals surface area contributed by atoms with Crippen LogP contribution < -0.4 is 5.56 Å². The third-order valence-electron chi connectivity index (χ3n) is 2.16. The maximum absolute atomic E-state index is 11.6. The summed E-state index contributed by atoms with van der Waals surface area (Å²) in [7, 11) is 0. The van der Waals surface area contributed by atoms with Gasteiger partial charge in [-0.05, 0) is 6.92 Å². The minimum Gasteiger partial charge on any atom is -0.425 e. The number of aryl methyl sites for hydroxylation is 1. The standard InChI is InChI=1S/C11H10N2O2/c1-8-7-12-10(11(14)13(8)15)9-5-3-2-4-6-9/h2-7,15H,1H3. The SMILES string of the molecule is Cc1cnc(-c2ccccc2)c(=O)n1O. The Balaban J connectivity index is 2.66. The number of rotatable bonds is 1. The van der Waals surface area contributed by atoms with E-state index in [-0.39, 0.29) is 5.69 Å². The molecule has 0 unspecified atom stereocenters. The van der Waals surface area contributed by atoms with Gasteiger partial charge in [0.25, 0.3) is 0 Å². The zero-order chi connectivity index (χ0) is 10.8. The smallest absolute Gasteiger partial charge is 0.309 e. The van der Waals surface area contributed by atoms with E-state index in [1.807, 2.05) is 18.2 Å². The Morgan fingerprint density at radius 2 is 1.93 bits per heavy atom. The van der Waals surface area contributed by atoms with Gasteiger partial charge < -0.3 is 5.21 Å². The lowest BCUT2D eigenvalue weighted by atomic mass is 10.1. The van der Waals surface area contributed by atoms with E-state index in [0.29, 0.717) is 16.0 Å². The highest BCUT2D eigenvalue weighted by Gasteiger charge is 2.08. The van der Waals surface area contributed by atoms with Crippen molar-refractivity contribution >= 4 is 0 Å². The minimum absolute atomic E-state index is 0.253. The molecule has 2 aromatic rings. The predicted octanol–water partition coefficient (Wildman–Crippen LogP) is 1.46. The summed E-state index contributed by atoms with van der Waals surface area (Å²) in [5.74, 6) is 0. The van der Waals surface area contributed by atoms with Gasteiger partial charge in [-0.3, -0.25) is 4.79 Å². The van der Waals surface area contributed by atoms with Crippen LogP contribution in [0.2, 0.25) is 0 Å². The van der Waals surface area contributed by atoms with Crippen LogP contribution in [0.25, 0.3) is 11.3 Å². The van der Waals surface area contributed by atoms with Gasteiger partial charge in [0.15, 0.2) is 0 Å². The maximum Gasteiger partial charge on any atom is 0.309 e. The van der Waals surface area contributed by atoms with Crippen molar-refractivity contribution in [2.75, 3.05) is 0 Å². The Bertz CT molecular complexity index is 532. The second-order valence-corrected chi connectivity index (χ2v) is 3.23. The average molecular weight is 202 g/mol. The summed E-state index contributed by atoms with van der Waals surface area (Å²) in [4.78, 5) is 15.7. The average Bonchev–Trinajstić information content (AvgIpc) is 2.27. The molecule has 1 aromatic carbocycles. The van der Waals surface area contributed by atoms with Crippen LogP contribution in [-0.4, -0.2) is 14.9 Å². The van der Waals surface area contributed by atoms with Crippen molar-refractivity contribution in [2.45, 2.75) is 6.92 Å². The van der Waals surface area contributed by atoms with Gasteiger partial charge in [-0.2, -0.15) is 0 Å². The van der Waals surface area contributed by atoms with Crippen LogP contribution in [0.5, 0.6) is 0 Å². The monoisotopic (exact) mass is 202 g/mol. The largest absolute Gasteiger partial charge is 0.425 e. The highest BCUT2D eigenvalue weighted by atomic mass is 16.5. The van der Waals surface area contributed by atoms with Crippen molar-refractivity contribution in [1.82, 2.24) is 9.71 Å². The van der Waals surface area contributed by atoms with E-state index < -0.39 is 5.56 Å². The summed E-state index contributed by atoms with van der Waals surface area (Å²) in [6, 6.07) is 9.04. The molecule has 0 amide bonds. The van der Waals surface area contributed by atoms with Gasteiger partial charge in [-0.1, -0.05) is 30.3 Å². The van der Waals surface area contributed by atoms with Gasteiger partial charge >= 0.3 is 5.56 Å². The van der Waals surface area contributed by atoms with Gasteiger partial charge in [-0.15, -0.1) is 4.73 Å². The molecule has 0 spiro atoms. The predicted molar refractivity (Wildman–Crippen MR) is 55.9 cm³/mol. The van der Waals surface area contributed by atoms with E-state index in [2.05, 4.69) is 4.98 Å². The number of hydrogen-bond acceptors (Lipinski definition) is 3. The van der Waals surface area contributed by atoms with Crippen LogP contribution >= 0.6 is 0 Å². The van der Waals surface area contributed by atoms with E-state index >= 15 is 0 Å². The molecule has 0 aliphatic heterocycles. The molecule has 1 N–H and O–H groups in total. The molecule has 0 radical (unpaired) electrons. The summed E-state index contributed by atoms with van der Waals surface area (Å²) in [6.45, 7) is 1.61. The normalized spacial score (nSPS) is 10.2. The second-order valence-electron chi connectivity index (χ2n) is 3.23. The first-order chi connectivity index (χ1) is 7.20. The molecule has 0 atom stereocenters. The molecule has 0 saturated heterocycles. The molecular formula is C11H10N2O2. The third kappa shape index (κ3) is 1.61. The van der Waals surface area contributed by atoms with E-state index in [9.17, 15) is 10.0 Å². The maximum atomic E-state index is 11.6. The molecule has 0 bridgehead atoms. The summed E-state index contributed by atoms with van der Waals surface area (Å²) < 4.78 is 0.606. The van der Waals surface area contributed by atoms with Crippen LogP contribution in [0.1, 0.15) is 5.69 Å². The number of nitrogens with zero attached hydrogens (tertiary/aromatic N) is 2. The van der Waals surface area contributed by atoms with Crippen molar-refractivity contribution in [3.05, 3.63) is 52.6 Å². The van der Waals surface area contributed by atoms with Gasteiger partial charge in [0.05, 0.1) is 11.9 Å². The summed E-state index contributed by atoms with van der Waals surface area (Å²) >= 11 is 0. The van der Waals surface area contributed by atoms with Gasteiger partial charge in [0.1, 0.15) is 5.69 Å². The summed E-state index contributed by atoms with van der Waals surface area (Å²) in [6.07, 6.45) is 1.46. The van der Waals surface area contributed by atoms with E-state index in [1.165, 1.54) is 6.20 Å². The van der Waals surface area contributed by atoms with E-state index in [0.717, 1.165) is 0 Å². The summed E-state index contributed by atoms with van der Waals surface area (Å²) in [5.41, 5.74) is 0.870. The highest BCUT2D eigenvalue weighted by Crippen LogP contribution is 2.11. The van der Waals surface area contributed by atoms with Gasteiger partial charge in [0, 0.05) is 5.56 Å². The fourth-order valence-electron chi connectivity index (χ4n) is 1.32. The van der Waals surface area contributed by atoms with Crippen molar-refractivity contribution in [3.8, 4) is 11.3 Å². The number of benzene rings is 1. The van der Waals surface area contributed by atoms with Gasteiger partial charge in [0.2, 0.25) is 0 Å². The Morgan fingerprint density at radius 3 is 2.60 bits per heavy atom. The summed E-state index contributed by atoms with van der Waals surface area (Å²) in [5, 5.41) is 9.41. The molecule has 4 nitrogen and oxygen atoms in total. The lowest BCUT2D eigenvalue weighted by Gasteiger charge is -2.03. The lowest BCUT2D eigenvalue weighted by Crippen LogP contribution is -2.22. The topological polar surface area (TPSA) is 55.1 Å². The highest BCUT2D eigenvalue weighted by molar-refractivity contribution is 5.57. The fourth-order valence-corrected chi connectivity index (χ4v) is 1.32. The second kappa shape index (κ2) is 3.57. The van der Waals surface area contributed by atoms with E-state index in [4.69, 9.17) is 0 Å². The number of hydrogen-bond donors (Lipinski definition) is 1. The Hall–Kier alpha value is -2.10. The molecular weight excluding hydrogens is 192 g/mol. The van der Waals surface area contributed by atoms with Crippen LogP contribution in [0.3, 0.4) is 0 Å².